The van der Waals surface area contributed by atoms with Gasteiger partial charge in [-0.15, -0.1) is 24.0 Å². The number of rotatable bonds is 11. The fourth-order valence-electron chi connectivity index (χ4n) is 4.28. The van der Waals surface area contributed by atoms with Crippen LogP contribution >= 0.6 is 24.0 Å². The highest BCUT2D eigenvalue weighted by Gasteiger charge is 2.22. The van der Waals surface area contributed by atoms with E-state index in [9.17, 15) is 0 Å². The van der Waals surface area contributed by atoms with Gasteiger partial charge in [0.05, 0.1) is 13.2 Å². The molecule has 1 unspecified atom stereocenters. The van der Waals surface area contributed by atoms with Gasteiger partial charge in [-0.1, -0.05) is 20.8 Å². The molecule has 0 aromatic rings. The van der Waals surface area contributed by atoms with E-state index in [4.69, 9.17) is 4.74 Å². The summed E-state index contributed by atoms with van der Waals surface area (Å²) in [4.78, 5) is 12.1. The number of aliphatic imine (C=N–C) groups is 1. The Hall–Kier alpha value is -0.160. The highest BCUT2D eigenvalue weighted by molar-refractivity contribution is 14.0. The molecule has 30 heavy (non-hydrogen) atoms. The quantitative estimate of drug-likeness (QED) is 0.182. The lowest BCUT2D eigenvalue weighted by Crippen LogP contribution is -2.51. The van der Waals surface area contributed by atoms with Crippen molar-refractivity contribution in [2.24, 2.45) is 10.9 Å². The van der Waals surface area contributed by atoms with Crippen LogP contribution in [0, 0.1) is 5.92 Å². The van der Waals surface area contributed by atoms with Crippen LogP contribution in [0.3, 0.4) is 0 Å². The number of guanidine groups is 1. The van der Waals surface area contributed by atoms with Crippen LogP contribution in [0.25, 0.3) is 0 Å². The summed E-state index contributed by atoms with van der Waals surface area (Å²) in [5.41, 5.74) is 0. The maximum atomic E-state index is 5.53. The third-order valence-corrected chi connectivity index (χ3v) is 6.14. The molecule has 2 aliphatic heterocycles. The summed E-state index contributed by atoms with van der Waals surface area (Å²) in [6, 6.07) is 0.541. The van der Waals surface area contributed by atoms with Crippen molar-refractivity contribution in [1.82, 2.24) is 25.3 Å². The molecule has 0 bridgehead atoms. The second-order valence-corrected chi connectivity index (χ2v) is 8.79. The number of nitrogens with zero attached hydrogens (tertiary/aromatic N) is 4. The van der Waals surface area contributed by atoms with Gasteiger partial charge in [-0.2, -0.15) is 0 Å². The molecule has 0 aliphatic carbocycles. The Bertz CT molecular complexity index is 451. The number of unbranched alkanes of at least 4 members (excludes halogenated alkanes) is 1. The second-order valence-electron chi connectivity index (χ2n) is 8.79. The Kier molecular flexibility index (Phi) is 15.3. The maximum absolute atomic E-state index is 5.53. The topological polar surface area (TPSA) is 55.4 Å². The summed E-state index contributed by atoms with van der Waals surface area (Å²) >= 11 is 0. The number of morpholine rings is 1. The standard InChI is InChI=1S/C22H46N6O.HI/c1-5-26-10-12-27(13-11-26)9-7-6-8-24-22(23-4)25-19-21(18-20(2)3)28-14-16-29-17-15-28;/h20-21H,5-19H2,1-4H3,(H2,23,24,25);1H. The summed E-state index contributed by atoms with van der Waals surface area (Å²) in [7, 11) is 1.87. The largest absolute Gasteiger partial charge is 0.379 e. The predicted molar refractivity (Wildman–Crippen MR) is 138 cm³/mol. The Morgan fingerprint density at radius 2 is 1.63 bits per heavy atom. The fraction of sp³-hybridized carbons (Fsp3) is 0.955. The van der Waals surface area contributed by atoms with E-state index >= 15 is 0 Å². The van der Waals surface area contributed by atoms with E-state index in [1.165, 1.54) is 58.5 Å². The van der Waals surface area contributed by atoms with Crippen molar-refractivity contribution in [3.8, 4) is 0 Å². The van der Waals surface area contributed by atoms with Crippen LogP contribution < -0.4 is 10.6 Å². The summed E-state index contributed by atoms with van der Waals surface area (Å²) in [6.07, 6.45) is 3.64. The lowest BCUT2D eigenvalue weighted by molar-refractivity contribution is 0.0132. The van der Waals surface area contributed by atoms with Gasteiger partial charge in [0, 0.05) is 65.4 Å². The second kappa shape index (κ2) is 16.5. The van der Waals surface area contributed by atoms with Crippen LogP contribution in [-0.2, 0) is 4.74 Å². The number of ether oxygens (including phenoxy) is 1. The minimum absolute atomic E-state index is 0. The summed E-state index contributed by atoms with van der Waals surface area (Å²) < 4.78 is 5.53. The Morgan fingerprint density at radius 3 is 2.23 bits per heavy atom. The molecule has 2 rings (SSSR count). The summed E-state index contributed by atoms with van der Waals surface area (Å²) in [5, 5.41) is 7.07. The lowest BCUT2D eigenvalue weighted by Gasteiger charge is -2.35. The van der Waals surface area contributed by atoms with E-state index in [0.29, 0.717) is 12.0 Å². The van der Waals surface area contributed by atoms with E-state index in [1.807, 2.05) is 7.05 Å². The molecule has 0 spiro atoms. The molecule has 0 aromatic carbocycles. The number of hydrogen-bond acceptors (Lipinski definition) is 5. The van der Waals surface area contributed by atoms with Gasteiger partial charge in [-0.3, -0.25) is 9.89 Å². The fourth-order valence-corrected chi connectivity index (χ4v) is 4.28. The molecule has 0 radical (unpaired) electrons. The smallest absolute Gasteiger partial charge is 0.191 e. The Balaban J connectivity index is 0.00000450. The SMILES string of the molecule is CCN1CCN(CCCCNC(=NC)NCC(CC(C)C)N2CCOCC2)CC1.I. The maximum Gasteiger partial charge on any atom is 0.191 e. The Labute approximate surface area is 202 Å². The van der Waals surface area contributed by atoms with Gasteiger partial charge >= 0.3 is 0 Å². The highest BCUT2D eigenvalue weighted by Crippen LogP contribution is 2.13. The molecule has 8 heteroatoms. The molecule has 0 aromatic heterocycles. The van der Waals surface area contributed by atoms with Gasteiger partial charge in [0.2, 0.25) is 0 Å². The van der Waals surface area contributed by atoms with E-state index in [1.54, 1.807) is 0 Å². The van der Waals surface area contributed by atoms with Crippen LogP contribution in [0.5, 0.6) is 0 Å². The van der Waals surface area contributed by atoms with Gasteiger partial charge in [0.1, 0.15) is 0 Å². The summed E-state index contributed by atoms with van der Waals surface area (Å²) in [6.45, 7) is 19.9. The van der Waals surface area contributed by atoms with E-state index < -0.39 is 0 Å². The molecule has 2 saturated heterocycles. The molecule has 7 nitrogen and oxygen atoms in total. The first kappa shape index (κ1) is 27.9. The zero-order chi connectivity index (χ0) is 20.9. The first-order valence-corrected chi connectivity index (χ1v) is 11.8. The van der Waals surface area contributed by atoms with E-state index in [0.717, 1.165) is 45.4 Å². The number of nitrogens with one attached hydrogen (secondary N) is 2. The molecule has 2 heterocycles. The number of halogens is 1. The predicted octanol–water partition coefficient (Wildman–Crippen LogP) is 1.93. The van der Waals surface area contributed by atoms with Crippen LogP contribution in [0.15, 0.2) is 4.99 Å². The van der Waals surface area contributed by atoms with Crippen molar-refractivity contribution in [2.75, 3.05) is 85.7 Å². The van der Waals surface area contributed by atoms with E-state index in [-0.39, 0.29) is 24.0 Å². The number of piperazine rings is 1. The zero-order valence-corrected chi connectivity index (χ0v) is 22.2. The van der Waals surface area contributed by atoms with Gasteiger partial charge in [0.25, 0.3) is 0 Å². The minimum atomic E-state index is 0. The van der Waals surface area contributed by atoms with E-state index in [2.05, 4.69) is 51.1 Å². The molecule has 178 valence electrons. The molecule has 2 N–H and O–H groups in total. The van der Waals surface area contributed by atoms with Crippen molar-refractivity contribution >= 4 is 29.9 Å². The molecule has 1 atom stereocenters. The third-order valence-electron chi connectivity index (χ3n) is 6.14. The average molecular weight is 539 g/mol. The van der Waals surface area contributed by atoms with Gasteiger partial charge < -0.3 is 25.2 Å². The van der Waals surface area contributed by atoms with Crippen LogP contribution in [0.2, 0.25) is 0 Å². The average Bonchev–Trinajstić information content (AvgIpc) is 2.75. The van der Waals surface area contributed by atoms with Crippen LogP contribution in [0.4, 0.5) is 0 Å². The summed E-state index contributed by atoms with van der Waals surface area (Å²) in [5.74, 6) is 1.63. The van der Waals surface area contributed by atoms with Crippen LogP contribution in [0.1, 0.15) is 40.0 Å². The van der Waals surface area contributed by atoms with Crippen molar-refractivity contribution in [3.05, 3.63) is 0 Å². The molecule has 0 saturated carbocycles. The van der Waals surface area contributed by atoms with Crippen molar-refractivity contribution < 1.29 is 4.74 Å². The van der Waals surface area contributed by atoms with Crippen molar-refractivity contribution in [3.63, 3.8) is 0 Å². The Morgan fingerprint density at radius 1 is 0.967 bits per heavy atom. The van der Waals surface area contributed by atoms with Crippen LogP contribution in [-0.4, -0.2) is 112 Å². The molecular weight excluding hydrogens is 491 g/mol. The highest BCUT2D eigenvalue weighted by atomic mass is 127. The molecule has 0 amide bonds. The minimum Gasteiger partial charge on any atom is -0.379 e. The van der Waals surface area contributed by atoms with Crippen molar-refractivity contribution in [1.29, 1.82) is 0 Å². The number of likely N-dealkylation sites (N-methyl/N-ethyl adjacent to an activating group) is 1. The van der Waals surface area contributed by atoms with Gasteiger partial charge in [-0.05, 0) is 38.3 Å². The monoisotopic (exact) mass is 538 g/mol. The zero-order valence-electron chi connectivity index (χ0n) is 19.9. The molecular formula is C22H47IN6O. The molecule has 2 fully saturated rings. The van der Waals surface area contributed by atoms with Crippen molar-refractivity contribution in [2.45, 2.75) is 46.1 Å². The number of hydrogen-bond donors (Lipinski definition) is 2. The third kappa shape index (κ3) is 10.9. The van der Waals surface area contributed by atoms with Gasteiger partial charge in [-0.25, -0.2) is 0 Å². The lowest BCUT2D eigenvalue weighted by atomic mass is 10.0. The first-order valence-electron chi connectivity index (χ1n) is 11.8. The molecule has 2 aliphatic rings. The first-order chi connectivity index (χ1) is 14.1. The normalized spacial score (nSPS) is 20.8. The van der Waals surface area contributed by atoms with Gasteiger partial charge in [0.15, 0.2) is 5.96 Å².